The third-order valence-electron chi connectivity index (χ3n) is 3.04. The Morgan fingerprint density at radius 3 is 2.48 bits per heavy atom. The Kier molecular flexibility index (Phi) is 5.43. The number of hydrogen-bond donors (Lipinski definition) is 3. The molecule has 0 aliphatic heterocycles. The van der Waals surface area contributed by atoms with Crippen LogP contribution in [0.2, 0.25) is 0 Å². The van der Waals surface area contributed by atoms with Crippen LogP contribution in [0.3, 0.4) is 0 Å². The zero-order valence-electron chi connectivity index (χ0n) is 12.3. The van der Waals surface area contributed by atoms with Crippen LogP contribution < -0.4 is 5.32 Å². The van der Waals surface area contributed by atoms with Gasteiger partial charge in [-0.05, 0) is 37.0 Å². The van der Waals surface area contributed by atoms with Crippen LogP contribution >= 0.6 is 0 Å². The molecule has 0 radical (unpaired) electrons. The smallest absolute Gasteiger partial charge is 0.335 e. The van der Waals surface area contributed by atoms with Crippen molar-refractivity contribution in [1.29, 1.82) is 0 Å². The van der Waals surface area contributed by atoms with Crippen LogP contribution in [0.1, 0.15) is 47.9 Å². The molecule has 0 spiro atoms. The van der Waals surface area contributed by atoms with Crippen LogP contribution in [0.25, 0.3) is 0 Å². The van der Waals surface area contributed by atoms with E-state index in [1.807, 2.05) is 13.8 Å². The predicted octanol–water partition coefficient (Wildman–Crippen LogP) is 2.05. The van der Waals surface area contributed by atoms with Crippen LogP contribution in [-0.2, 0) is 0 Å². The molecule has 0 heterocycles. The second kappa shape index (κ2) is 6.67. The fourth-order valence-electron chi connectivity index (χ4n) is 2.12. The molecular weight excluding hydrogens is 277 g/mol. The van der Waals surface area contributed by atoms with Crippen molar-refractivity contribution in [1.82, 2.24) is 5.32 Å². The van der Waals surface area contributed by atoms with Crippen molar-refractivity contribution in [2.24, 2.45) is 5.41 Å². The maximum absolute atomic E-state index is 13.7. The summed E-state index contributed by atoms with van der Waals surface area (Å²) in [4.78, 5) is 22.6. The monoisotopic (exact) mass is 297 g/mol. The molecule has 0 saturated heterocycles. The number of benzene rings is 1. The van der Waals surface area contributed by atoms with Gasteiger partial charge in [-0.2, -0.15) is 0 Å². The summed E-state index contributed by atoms with van der Waals surface area (Å²) in [6.45, 7) is 5.69. The molecule has 0 bridgehead atoms. The Morgan fingerprint density at radius 1 is 1.38 bits per heavy atom. The van der Waals surface area contributed by atoms with E-state index < -0.39 is 23.8 Å². The normalized spacial score (nSPS) is 12.8. The molecule has 6 heteroatoms. The number of rotatable bonds is 6. The number of nitrogens with one attached hydrogen (secondary N) is 1. The Bertz CT molecular complexity index is 540. The van der Waals surface area contributed by atoms with E-state index in [-0.39, 0.29) is 23.1 Å². The lowest BCUT2D eigenvalue weighted by atomic mass is 9.87. The Morgan fingerprint density at radius 2 is 2.00 bits per heavy atom. The molecule has 1 atom stereocenters. The van der Waals surface area contributed by atoms with Gasteiger partial charge >= 0.3 is 5.97 Å². The molecule has 1 amide bonds. The van der Waals surface area contributed by atoms with E-state index in [2.05, 4.69) is 5.32 Å². The SMILES string of the molecule is CC(O)CC(C)(C)CNC(=O)c1ccc(C(=O)O)cc1F. The van der Waals surface area contributed by atoms with Crippen molar-refractivity contribution in [3.05, 3.63) is 35.1 Å². The fourth-order valence-corrected chi connectivity index (χ4v) is 2.12. The second-order valence-electron chi connectivity index (χ2n) is 5.90. The van der Waals surface area contributed by atoms with Crippen molar-refractivity contribution < 1.29 is 24.2 Å². The second-order valence-corrected chi connectivity index (χ2v) is 5.90. The van der Waals surface area contributed by atoms with Gasteiger partial charge in [0.25, 0.3) is 5.91 Å². The van der Waals surface area contributed by atoms with Crippen molar-refractivity contribution in [3.8, 4) is 0 Å². The Hall–Kier alpha value is -1.95. The molecule has 0 aromatic heterocycles. The van der Waals surface area contributed by atoms with Crippen molar-refractivity contribution in [2.75, 3.05) is 6.54 Å². The number of carboxylic acid groups (broad SMARTS) is 1. The van der Waals surface area contributed by atoms with Gasteiger partial charge in [-0.25, -0.2) is 9.18 Å². The molecule has 5 nitrogen and oxygen atoms in total. The molecular formula is C15H20FNO4. The summed E-state index contributed by atoms with van der Waals surface area (Å²) in [5.74, 6) is -2.73. The van der Waals surface area contributed by atoms with Gasteiger partial charge in [0.15, 0.2) is 0 Å². The molecule has 0 fully saturated rings. The number of halogens is 1. The topological polar surface area (TPSA) is 86.6 Å². The standard InChI is InChI=1S/C15H20FNO4/c1-9(18)7-15(2,3)8-17-13(19)11-5-4-10(14(20)21)6-12(11)16/h4-6,9,18H,7-8H2,1-3H3,(H,17,19)(H,20,21). The summed E-state index contributed by atoms with van der Waals surface area (Å²) in [5.41, 5.74) is -0.743. The van der Waals surface area contributed by atoms with E-state index >= 15 is 0 Å². The summed E-state index contributed by atoms with van der Waals surface area (Å²) in [6.07, 6.45) is -0.00301. The van der Waals surface area contributed by atoms with Crippen LogP contribution in [0, 0.1) is 11.2 Å². The highest BCUT2D eigenvalue weighted by Crippen LogP contribution is 2.21. The summed E-state index contributed by atoms with van der Waals surface area (Å²) in [5, 5.41) is 20.7. The van der Waals surface area contributed by atoms with Gasteiger partial charge in [0.1, 0.15) is 5.82 Å². The minimum Gasteiger partial charge on any atom is -0.478 e. The molecule has 116 valence electrons. The lowest BCUT2D eigenvalue weighted by Gasteiger charge is -2.26. The number of amides is 1. The minimum absolute atomic E-state index is 0.201. The van der Waals surface area contributed by atoms with E-state index in [1.54, 1.807) is 6.92 Å². The fraction of sp³-hybridized carbons (Fsp3) is 0.467. The van der Waals surface area contributed by atoms with Gasteiger partial charge in [0, 0.05) is 6.54 Å². The number of aromatic carboxylic acids is 1. The predicted molar refractivity (Wildman–Crippen MR) is 75.8 cm³/mol. The molecule has 1 aromatic carbocycles. The van der Waals surface area contributed by atoms with Crippen molar-refractivity contribution in [3.63, 3.8) is 0 Å². The summed E-state index contributed by atoms with van der Waals surface area (Å²) in [6, 6.07) is 3.15. The zero-order valence-corrected chi connectivity index (χ0v) is 12.3. The number of aliphatic hydroxyl groups excluding tert-OH is 1. The van der Waals surface area contributed by atoms with E-state index in [4.69, 9.17) is 5.11 Å². The molecule has 1 rings (SSSR count). The molecule has 0 aliphatic carbocycles. The maximum Gasteiger partial charge on any atom is 0.335 e. The van der Waals surface area contributed by atoms with E-state index in [1.165, 1.54) is 6.07 Å². The highest BCUT2D eigenvalue weighted by molar-refractivity contribution is 5.96. The number of hydrogen-bond acceptors (Lipinski definition) is 3. The first kappa shape index (κ1) is 17.1. The largest absolute Gasteiger partial charge is 0.478 e. The van der Waals surface area contributed by atoms with E-state index in [0.717, 1.165) is 12.1 Å². The molecule has 3 N–H and O–H groups in total. The number of carbonyl (C=O) groups is 2. The molecule has 1 aromatic rings. The van der Waals surface area contributed by atoms with Crippen LogP contribution in [0.5, 0.6) is 0 Å². The average Bonchev–Trinajstić information content (AvgIpc) is 2.34. The quantitative estimate of drug-likeness (QED) is 0.750. The van der Waals surface area contributed by atoms with Gasteiger partial charge in [0.2, 0.25) is 0 Å². The lowest BCUT2D eigenvalue weighted by Crippen LogP contribution is -2.36. The first-order chi connectivity index (χ1) is 9.62. The lowest BCUT2D eigenvalue weighted by molar-refractivity contribution is 0.0695. The summed E-state index contributed by atoms with van der Waals surface area (Å²) >= 11 is 0. The third kappa shape index (κ3) is 5.15. The van der Waals surface area contributed by atoms with Gasteiger partial charge < -0.3 is 15.5 Å². The molecule has 1 unspecified atom stereocenters. The van der Waals surface area contributed by atoms with E-state index in [0.29, 0.717) is 6.42 Å². The minimum atomic E-state index is -1.25. The number of carbonyl (C=O) groups excluding carboxylic acids is 1. The van der Waals surface area contributed by atoms with Gasteiger partial charge in [-0.15, -0.1) is 0 Å². The highest BCUT2D eigenvalue weighted by atomic mass is 19.1. The number of carboxylic acids is 1. The third-order valence-corrected chi connectivity index (χ3v) is 3.04. The van der Waals surface area contributed by atoms with Crippen molar-refractivity contribution >= 4 is 11.9 Å². The zero-order chi connectivity index (χ0) is 16.2. The average molecular weight is 297 g/mol. The Labute approximate surface area is 122 Å². The summed E-state index contributed by atoms with van der Waals surface area (Å²) < 4.78 is 13.7. The van der Waals surface area contributed by atoms with Crippen LogP contribution in [0.4, 0.5) is 4.39 Å². The Balaban J connectivity index is 2.74. The van der Waals surface area contributed by atoms with Crippen LogP contribution in [-0.4, -0.2) is 34.7 Å². The van der Waals surface area contributed by atoms with E-state index in [9.17, 15) is 19.1 Å². The van der Waals surface area contributed by atoms with Gasteiger partial charge in [-0.1, -0.05) is 13.8 Å². The highest BCUT2D eigenvalue weighted by Gasteiger charge is 2.22. The maximum atomic E-state index is 13.7. The molecule has 21 heavy (non-hydrogen) atoms. The summed E-state index contributed by atoms with van der Waals surface area (Å²) in [7, 11) is 0. The first-order valence-corrected chi connectivity index (χ1v) is 6.61. The molecule has 0 aliphatic rings. The molecule has 0 saturated carbocycles. The number of aliphatic hydroxyl groups is 1. The van der Waals surface area contributed by atoms with Gasteiger partial charge in [-0.3, -0.25) is 4.79 Å². The van der Waals surface area contributed by atoms with Gasteiger partial charge in [0.05, 0.1) is 17.2 Å². The van der Waals surface area contributed by atoms with Crippen LogP contribution in [0.15, 0.2) is 18.2 Å². The first-order valence-electron chi connectivity index (χ1n) is 6.61. The van der Waals surface area contributed by atoms with Crippen molar-refractivity contribution in [2.45, 2.75) is 33.3 Å².